The van der Waals surface area contributed by atoms with Crippen molar-refractivity contribution in [2.24, 2.45) is 0 Å². The zero-order valence-electron chi connectivity index (χ0n) is 10.3. The predicted octanol–water partition coefficient (Wildman–Crippen LogP) is 1.71. The Bertz CT molecular complexity index is 385. The van der Waals surface area contributed by atoms with E-state index in [9.17, 15) is 9.18 Å². The highest BCUT2D eigenvalue weighted by Gasteiger charge is 2.14. The number of hydrogen-bond donors (Lipinski definition) is 1. The molecular weight excluding hydrogens is 233 g/mol. The summed E-state index contributed by atoms with van der Waals surface area (Å²) in [5.41, 5.74) is 0.829. The highest BCUT2D eigenvalue weighted by atomic mass is 19.1. The average molecular weight is 251 g/mol. The third kappa shape index (κ3) is 4.20. The lowest BCUT2D eigenvalue weighted by atomic mass is 10.1. The van der Waals surface area contributed by atoms with Crippen LogP contribution in [0.4, 0.5) is 4.39 Å². The van der Waals surface area contributed by atoms with Gasteiger partial charge in [0.1, 0.15) is 12.4 Å². The molecule has 0 saturated carbocycles. The van der Waals surface area contributed by atoms with Crippen LogP contribution in [0.25, 0.3) is 0 Å². The van der Waals surface area contributed by atoms with Crippen molar-refractivity contribution in [2.75, 3.05) is 19.7 Å². The molecule has 1 aromatic rings. The quantitative estimate of drug-likeness (QED) is 0.865. The van der Waals surface area contributed by atoms with Crippen LogP contribution in [0.5, 0.6) is 0 Å². The number of rotatable bonds is 5. The molecule has 0 aliphatic carbocycles. The number of carbonyl (C=O) groups excluding carboxylic acids is 1. The monoisotopic (exact) mass is 251 g/mol. The highest BCUT2D eigenvalue weighted by Crippen LogP contribution is 2.08. The second-order valence-corrected chi connectivity index (χ2v) is 4.60. The second-order valence-electron chi connectivity index (χ2n) is 4.60. The van der Waals surface area contributed by atoms with E-state index < -0.39 is 0 Å². The maximum Gasteiger partial charge on any atom is 0.162 e. The van der Waals surface area contributed by atoms with E-state index in [4.69, 9.17) is 4.74 Å². The Morgan fingerprint density at radius 2 is 1.94 bits per heavy atom. The van der Waals surface area contributed by atoms with Crippen LogP contribution in [0.1, 0.15) is 18.4 Å². The Hall–Kier alpha value is -1.26. The van der Waals surface area contributed by atoms with E-state index in [-0.39, 0.29) is 24.3 Å². The van der Waals surface area contributed by atoms with Crippen LogP contribution in [0.2, 0.25) is 0 Å². The largest absolute Gasteiger partial charge is 0.370 e. The molecule has 1 aliphatic heterocycles. The molecule has 0 unspecified atom stereocenters. The molecule has 1 fully saturated rings. The summed E-state index contributed by atoms with van der Waals surface area (Å²) in [6.45, 7) is 2.07. The minimum absolute atomic E-state index is 0.0418. The number of ether oxygens (including phenoxy) is 1. The van der Waals surface area contributed by atoms with Gasteiger partial charge in [-0.3, -0.25) is 4.79 Å². The average Bonchev–Trinajstić information content (AvgIpc) is 2.40. The number of ketones is 1. The van der Waals surface area contributed by atoms with Gasteiger partial charge in [-0.25, -0.2) is 4.39 Å². The zero-order chi connectivity index (χ0) is 12.8. The van der Waals surface area contributed by atoms with Gasteiger partial charge >= 0.3 is 0 Å². The fourth-order valence-electron chi connectivity index (χ4n) is 2.05. The summed E-state index contributed by atoms with van der Waals surface area (Å²) in [5.74, 6) is -0.239. The van der Waals surface area contributed by atoms with Gasteiger partial charge in [-0.15, -0.1) is 0 Å². The molecule has 98 valence electrons. The number of nitrogens with one attached hydrogen (secondary N) is 1. The van der Waals surface area contributed by atoms with Gasteiger partial charge in [-0.1, -0.05) is 12.1 Å². The first-order valence-electron chi connectivity index (χ1n) is 6.32. The minimum atomic E-state index is -0.280. The Morgan fingerprint density at radius 1 is 1.28 bits per heavy atom. The lowest BCUT2D eigenvalue weighted by Crippen LogP contribution is -2.33. The van der Waals surface area contributed by atoms with Gasteiger partial charge in [-0.2, -0.15) is 0 Å². The normalized spacial score (nSPS) is 16.7. The lowest BCUT2D eigenvalue weighted by Gasteiger charge is -2.22. The van der Waals surface area contributed by atoms with Crippen LogP contribution < -0.4 is 5.32 Å². The molecule has 0 spiro atoms. The molecule has 0 radical (unpaired) electrons. The van der Waals surface area contributed by atoms with Crippen molar-refractivity contribution < 1.29 is 13.9 Å². The number of Topliss-reactive ketones (excluding diaryl/α,β-unsaturated/α-hetero) is 1. The fraction of sp³-hybridized carbons (Fsp3) is 0.500. The van der Waals surface area contributed by atoms with E-state index in [0.29, 0.717) is 6.42 Å². The van der Waals surface area contributed by atoms with Gasteiger partial charge in [-0.05, 0) is 43.6 Å². The third-order valence-corrected chi connectivity index (χ3v) is 3.08. The molecule has 1 saturated heterocycles. The van der Waals surface area contributed by atoms with E-state index in [1.54, 1.807) is 12.1 Å². The third-order valence-electron chi connectivity index (χ3n) is 3.08. The SMILES string of the molecule is O=C(COC1CCNCC1)Cc1ccc(F)cc1. The van der Waals surface area contributed by atoms with Crippen LogP contribution in [-0.2, 0) is 16.0 Å². The fourth-order valence-corrected chi connectivity index (χ4v) is 2.05. The first-order chi connectivity index (χ1) is 8.74. The summed E-state index contributed by atoms with van der Waals surface area (Å²) >= 11 is 0. The molecule has 1 heterocycles. The number of halogens is 1. The molecule has 2 rings (SSSR count). The van der Waals surface area contributed by atoms with E-state index >= 15 is 0 Å². The first kappa shape index (κ1) is 13.2. The predicted molar refractivity (Wildman–Crippen MR) is 67.0 cm³/mol. The highest BCUT2D eigenvalue weighted by molar-refractivity contribution is 5.82. The Morgan fingerprint density at radius 3 is 2.61 bits per heavy atom. The molecular formula is C14H18FNO2. The molecule has 3 nitrogen and oxygen atoms in total. The standard InChI is InChI=1S/C14H18FNO2/c15-12-3-1-11(2-4-12)9-13(17)10-18-14-5-7-16-8-6-14/h1-4,14,16H,5-10H2. The van der Waals surface area contributed by atoms with E-state index in [2.05, 4.69) is 5.32 Å². The molecule has 1 aromatic carbocycles. The summed E-state index contributed by atoms with van der Waals surface area (Å²) in [4.78, 5) is 11.7. The van der Waals surface area contributed by atoms with Crippen molar-refractivity contribution in [3.8, 4) is 0 Å². The maximum atomic E-state index is 12.7. The summed E-state index contributed by atoms with van der Waals surface area (Å²) in [6, 6.07) is 6.02. The number of benzene rings is 1. The minimum Gasteiger partial charge on any atom is -0.370 e. The summed E-state index contributed by atoms with van der Waals surface area (Å²) in [7, 11) is 0. The van der Waals surface area contributed by atoms with Gasteiger partial charge in [0.05, 0.1) is 6.10 Å². The van der Waals surface area contributed by atoms with Crippen molar-refractivity contribution in [1.82, 2.24) is 5.32 Å². The summed E-state index contributed by atoms with van der Waals surface area (Å²) in [6.07, 6.45) is 2.43. The smallest absolute Gasteiger partial charge is 0.162 e. The van der Waals surface area contributed by atoms with Gasteiger partial charge in [0.15, 0.2) is 5.78 Å². The van der Waals surface area contributed by atoms with Crippen molar-refractivity contribution in [3.05, 3.63) is 35.6 Å². The zero-order valence-corrected chi connectivity index (χ0v) is 10.3. The lowest BCUT2D eigenvalue weighted by molar-refractivity contribution is -0.125. The molecule has 4 heteroatoms. The van der Waals surface area contributed by atoms with Crippen molar-refractivity contribution in [2.45, 2.75) is 25.4 Å². The van der Waals surface area contributed by atoms with Gasteiger partial charge < -0.3 is 10.1 Å². The summed E-state index contributed by atoms with van der Waals surface area (Å²) < 4.78 is 18.3. The molecule has 1 aliphatic rings. The van der Waals surface area contributed by atoms with Gasteiger partial charge in [0.2, 0.25) is 0 Å². The van der Waals surface area contributed by atoms with Crippen molar-refractivity contribution in [3.63, 3.8) is 0 Å². The number of carbonyl (C=O) groups is 1. The molecule has 0 bridgehead atoms. The number of piperidine rings is 1. The topological polar surface area (TPSA) is 38.3 Å². The molecule has 0 atom stereocenters. The van der Waals surface area contributed by atoms with Crippen LogP contribution in [0, 0.1) is 5.82 Å². The molecule has 0 amide bonds. The Labute approximate surface area is 106 Å². The van der Waals surface area contributed by atoms with Crippen LogP contribution in [-0.4, -0.2) is 31.6 Å². The van der Waals surface area contributed by atoms with Crippen LogP contribution >= 0.6 is 0 Å². The number of hydrogen-bond acceptors (Lipinski definition) is 3. The Balaban J connectivity index is 1.73. The summed E-state index contributed by atoms with van der Waals surface area (Å²) in [5, 5.41) is 3.25. The maximum absolute atomic E-state index is 12.7. The Kier molecular flexibility index (Phi) is 4.84. The van der Waals surface area contributed by atoms with Gasteiger partial charge in [0, 0.05) is 6.42 Å². The molecule has 1 N–H and O–H groups in total. The van der Waals surface area contributed by atoms with E-state index in [1.807, 2.05) is 0 Å². The second kappa shape index (κ2) is 6.61. The van der Waals surface area contributed by atoms with Crippen molar-refractivity contribution >= 4 is 5.78 Å². The van der Waals surface area contributed by atoms with E-state index in [1.165, 1.54) is 12.1 Å². The van der Waals surface area contributed by atoms with E-state index in [0.717, 1.165) is 31.5 Å². The molecule has 18 heavy (non-hydrogen) atoms. The van der Waals surface area contributed by atoms with Crippen LogP contribution in [0.15, 0.2) is 24.3 Å². The first-order valence-corrected chi connectivity index (χ1v) is 6.32. The molecule has 0 aromatic heterocycles. The van der Waals surface area contributed by atoms with Crippen LogP contribution in [0.3, 0.4) is 0 Å². The van der Waals surface area contributed by atoms with Crippen molar-refractivity contribution in [1.29, 1.82) is 0 Å². The van der Waals surface area contributed by atoms with Gasteiger partial charge in [0.25, 0.3) is 0 Å².